The minimum Gasteiger partial charge on any atom is -0.374 e. The van der Waals surface area contributed by atoms with Gasteiger partial charge in [0.25, 0.3) is 0 Å². The first-order chi connectivity index (χ1) is 12.7. The first kappa shape index (κ1) is 18.1. The van der Waals surface area contributed by atoms with Crippen molar-refractivity contribution in [3.8, 4) is 0 Å². The molecule has 138 valence electrons. The average molecular weight is 419 g/mol. The number of hydrogen-bond acceptors (Lipinski definition) is 3. The van der Waals surface area contributed by atoms with Gasteiger partial charge in [-0.25, -0.2) is 4.39 Å². The van der Waals surface area contributed by atoms with Gasteiger partial charge in [-0.05, 0) is 47.7 Å². The van der Waals surface area contributed by atoms with Gasteiger partial charge in [0.1, 0.15) is 5.82 Å². The number of nitrogens with one attached hydrogen (secondary N) is 1. The maximum Gasteiger partial charge on any atom is 0.124 e. The molecule has 3 nitrogen and oxygen atoms in total. The maximum atomic E-state index is 13.6. The molecular weight excluding hydrogens is 395 g/mol. The molecule has 2 aliphatic rings. The minimum absolute atomic E-state index is 0.0662. The van der Waals surface area contributed by atoms with Crippen LogP contribution in [0.15, 0.2) is 46.9 Å². The fourth-order valence-electron chi connectivity index (χ4n) is 4.36. The second-order valence-electron chi connectivity index (χ2n) is 7.20. The Labute approximate surface area is 162 Å². The molecule has 0 radical (unpaired) electrons. The number of rotatable bonds is 5. The van der Waals surface area contributed by atoms with Crippen LogP contribution in [0.25, 0.3) is 0 Å². The van der Waals surface area contributed by atoms with Gasteiger partial charge in [-0.3, -0.25) is 4.90 Å². The molecule has 2 aromatic carbocycles. The van der Waals surface area contributed by atoms with E-state index in [-0.39, 0.29) is 11.4 Å². The molecule has 1 heterocycles. The van der Waals surface area contributed by atoms with Crippen molar-refractivity contribution >= 4 is 15.9 Å². The van der Waals surface area contributed by atoms with Crippen molar-refractivity contribution in [1.29, 1.82) is 0 Å². The van der Waals surface area contributed by atoms with Crippen LogP contribution in [0, 0.1) is 5.82 Å². The third kappa shape index (κ3) is 3.58. The van der Waals surface area contributed by atoms with E-state index < -0.39 is 0 Å². The number of ether oxygens (including phenoxy) is 1. The monoisotopic (exact) mass is 418 g/mol. The van der Waals surface area contributed by atoms with Crippen LogP contribution in [0.2, 0.25) is 0 Å². The number of hydrogen-bond donors (Lipinski definition) is 1. The Balaban J connectivity index is 1.54. The van der Waals surface area contributed by atoms with E-state index in [0.29, 0.717) is 13.2 Å². The van der Waals surface area contributed by atoms with Gasteiger partial charge in [0, 0.05) is 30.7 Å². The topological polar surface area (TPSA) is 24.5 Å². The third-order valence-electron chi connectivity index (χ3n) is 5.58. The van der Waals surface area contributed by atoms with Crippen LogP contribution in [-0.4, -0.2) is 37.7 Å². The standard InChI is InChI=1S/C21H24BrFN2O/c22-18-11-16(12-19(23)13-18)14-26-15-21(25-9-7-24-8-10-25)6-5-17-3-1-2-4-20(17)21/h1-4,11-13,24H,5-10,14-15H2/t21-/m1/s1. The molecule has 1 aliphatic carbocycles. The molecule has 26 heavy (non-hydrogen) atoms. The van der Waals surface area contributed by atoms with Crippen LogP contribution in [0.5, 0.6) is 0 Å². The fraction of sp³-hybridized carbons (Fsp3) is 0.429. The van der Waals surface area contributed by atoms with E-state index in [1.807, 2.05) is 6.07 Å². The zero-order valence-corrected chi connectivity index (χ0v) is 16.4. The lowest BCUT2D eigenvalue weighted by Gasteiger charge is -2.44. The summed E-state index contributed by atoms with van der Waals surface area (Å²) >= 11 is 3.35. The summed E-state index contributed by atoms with van der Waals surface area (Å²) in [6.07, 6.45) is 2.17. The molecule has 0 amide bonds. The van der Waals surface area contributed by atoms with Crippen LogP contribution in [-0.2, 0) is 23.3 Å². The van der Waals surface area contributed by atoms with Crippen molar-refractivity contribution < 1.29 is 9.13 Å². The van der Waals surface area contributed by atoms with E-state index in [9.17, 15) is 4.39 Å². The molecule has 1 fully saturated rings. The molecule has 1 N–H and O–H groups in total. The summed E-state index contributed by atoms with van der Waals surface area (Å²) in [5.41, 5.74) is 3.63. The third-order valence-corrected chi connectivity index (χ3v) is 6.04. The van der Waals surface area contributed by atoms with Crippen molar-refractivity contribution in [3.05, 3.63) is 69.4 Å². The van der Waals surface area contributed by atoms with Gasteiger partial charge in [-0.2, -0.15) is 0 Å². The van der Waals surface area contributed by atoms with Crippen molar-refractivity contribution in [2.45, 2.75) is 25.0 Å². The average Bonchev–Trinajstić information content (AvgIpc) is 3.02. The summed E-state index contributed by atoms with van der Waals surface area (Å²) in [7, 11) is 0. The van der Waals surface area contributed by atoms with E-state index in [4.69, 9.17) is 4.74 Å². The normalized spacial score (nSPS) is 23.2. The van der Waals surface area contributed by atoms with Gasteiger partial charge in [-0.1, -0.05) is 40.2 Å². The van der Waals surface area contributed by atoms with Crippen LogP contribution in [0.3, 0.4) is 0 Å². The zero-order valence-electron chi connectivity index (χ0n) is 14.8. The van der Waals surface area contributed by atoms with Crippen LogP contribution >= 0.6 is 15.9 Å². The molecule has 0 spiro atoms. The van der Waals surface area contributed by atoms with Gasteiger partial charge < -0.3 is 10.1 Å². The van der Waals surface area contributed by atoms with Gasteiger partial charge in [0.15, 0.2) is 0 Å². The quantitative estimate of drug-likeness (QED) is 0.797. The van der Waals surface area contributed by atoms with Gasteiger partial charge >= 0.3 is 0 Å². The van der Waals surface area contributed by atoms with Crippen molar-refractivity contribution in [3.63, 3.8) is 0 Å². The predicted octanol–water partition coefficient (Wildman–Crippen LogP) is 3.85. The summed E-state index contributed by atoms with van der Waals surface area (Å²) in [5, 5.41) is 3.44. The Morgan fingerprint density at radius 2 is 1.96 bits per heavy atom. The lowest BCUT2D eigenvalue weighted by Crippen LogP contribution is -2.55. The molecule has 1 atom stereocenters. The van der Waals surface area contributed by atoms with E-state index in [0.717, 1.165) is 49.1 Å². The first-order valence-corrected chi connectivity index (χ1v) is 10.0. The van der Waals surface area contributed by atoms with E-state index in [1.165, 1.54) is 17.2 Å². The SMILES string of the molecule is Fc1cc(Br)cc(COC[C@]2(N3CCNCC3)CCc3ccccc32)c1. The molecule has 1 saturated heterocycles. The molecule has 2 aromatic rings. The highest BCUT2D eigenvalue weighted by Gasteiger charge is 2.44. The van der Waals surface area contributed by atoms with Gasteiger partial charge in [-0.15, -0.1) is 0 Å². The Morgan fingerprint density at radius 3 is 2.77 bits per heavy atom. The van der Waals surface area contributed by atoms with Crippen LogP contribution in [0.1, 0.15) is 23.1 Å². The summed E-state index contributed by atoms with van der Waals surface area (Å²) in [6, 6.07) is 13.7. The molecule has 5 heteroatoms. The van der Waals surface area contributed by atoms with Crippen LogP contribution < -0.4 is 5.32 Å². The Morgan fingerprint density at radius 1 is 1.15 bits per heavy atom. The van der Waals surface area contributed by atoms with Crippen molar-refractivity contribution in [1.82, 2.24) is 10.2 Å². The first-order valence-electron chi connectivity index (χ1n) is 9.24. The molecular formula is C21H24BrFN2O. The minimum atomic E-state index is -0.235. The number of benzene rings is 2. The second kappa shape index (κ2) is 7.77. The van der Waals surface area contributed by atoms with E-state index in [1.54, 1.807) is 6.07 Å². The number of nitrogens with zero attached hydrogens (tertiary/aromatic N) is 1. The maximum absolute atomic E-state index is 13.6. The van der Waals surface area contributed by atoms with Gasteiger partial charge in [0.05, 0.1) is 18.8 Å². The highest BCUT2D eigenvalue weighted by atomic mass is 79.9. The number of fused-ring (bicyclic) bond motifs is 1. The van der Waals surface area contributed by atoms with Crippen molar-refractivity contribution in [2.75, 3.05) is 32.8 Å². The molecule has 0 aromatic heterocycles. The summed E-state index contributed by atoms with van der Waals surface area (Å²) < 4.78 is 20.5. The molecule has 0 saturated carbocycles. The Hall–Kier alpha value is -1.27. The number of piperazine rings is 1. The highest BCUT2D eigenvalue weighted by molar-refractivity contribution is 9.10. The Bertz CT molecular complexity index is 758. The Kier molecular flexibility index (Phi) is 5.41. The second-order valence-corrected chi connectivity index (χ2v) is 8.11. The highest BCUT2D eigenvalue weighted by Crippen LogP contribution is 2.42. The molecule has 1 aliphatic heterocycles. The zero-order chi connectivity index (χ0) is 18.0. The summed E-state index contributed by atoms with van der Waals surface area (Å²) in [6.45, 7) is 5.15. The van der Waals surface area contributed by atoms with Crippen LogP contribution in [0.4, 0.5) is 4.39 Å². The summed E-state index contributed by atoms with van der Waals surface area (Å²) in [4.78, 5) is 2.58. The largest absolute Gasteiger partial charge is 0.374 e. The smallest absolute Gasteiger partial charge is 0.124 e. The van der Waals surface area contributed by atoms with E-state index >= 15 is 0 Å². The number of aryl methyl sites for hydroxylation is 1. The van der Waals surface area contributed by atoms with Crippen molar-refractivity contribution in [2.24, 2.45) is 0 Å². The predicted molar refractivity (Wildman–Crippen MR) is 105 cm³/mol. The molecule has 4 rings (SSSR count). The fourth-order valence-corrected chi connectivity index (χ4v) is 4.88. The molecule has 0 bridgehead atoms. The lowest BCUT2D eigenvalue weighted by atomic mass is 9.89. The molecule has 0 unspecified atom stereocenters. The number of halogens is 2. The summed E-state index contributed by atoms with van der Waals surface area (Å²) in [5.74, 6) is -0.235. The van der Waals surface area contributed by atoms with Gasteiger partial charge in [0.2, 0.25) is 0 Å². The van der Waals surface area contributed by atoms with E-state index in [2.05, 4.69) is 50.4 Å². The lowest BCUT2D eigenvalue weighted by molar-refractivity contribution is -0.0240.